The zero-order valence-electron chi connectivity index (χ0n) is 12.3. The lowest BCUT2D eigenvalue weighted by Gasteiger charge is -2.16. The molecule has 0 aliphatic heterocycles. The highest BCUT2D eigenvalue weighted by molar-refractivity contribution is 6.33. The van der Waals surface area contributed by atoms with E-state index >= 15 is 0 Å². The summed E-state index contributed by atoms with van der Waals surface area (Å²) in [5.41, 5.74) is 1.32. The van der Waals surface area contributed by atoms with Crippen LogP contribution in [0.2, 0.25) is 0 Å². The lowest BCUT2D eigenvalue weighted by atomic mass is 9.88. The largest absolute Gasteiger partial charge is 0.296 e. The predicted octanol–water partition coefficient (Wildman–Crippen LogP) is 4.58. The minimum atomic E-state index is -0.996. The molecule has 113 valence electrons. The van der Waals surface area contributed by atoms with E-state index in [9.17, 15) is 9.59 Å². The molecule has 0 aliphatic rings. The van der Waals surface area contributed by atoms with Gasteiger partial charge in [-0.05, 0) is 21.9 Å². The fourth-order valence-corrected chi connectivity index (χ4v) is 2.98. The Morgan fingerprint density at radius 1 is 0.870 bits per heavy atom. The summed E-state index contributed by atoms with van der Waals surface area (Å²) in [6.07, 6.45) is 1.88. The van der Waals surface area contributed by atoms with Crippen LogP contribution in [0.4, 0.5) is 0 Å². The Kier molecular flexibility index (Phi) is 4.54. The third-order valence-electron chi connectivity index (χ3n) is 3.88. The molecule has 0 aromatic heterocycles. The highest BCUT2D eigenvalue weighted by Gasteiger charge is 2.29. The van der Waals surface area contributed by atoms with Crippen LogP contribution in [0, 0.1) is 0 Å². The van der Waals surface area contributed by atoms with E-state index in [-0.39, 0.29) is 5.78 Å². The second kappa shape index (κ2) is 6.76. The standard InChI is InChI=1S/C20H14ClO2/c21-19(15-8-2-1-3-9-15)20(23)18(13-22)17-12-6-10-14-7-4-5-11-16(14)17/h1-12,18-19H. The summed E-state index contributed by atoms with van der Waals surface area (Å²) >= 11 is 6.30. The molecular weight excluding hydrogens is 308 g/mol. The highest BCUT2D eigenvalue weighted by Crippen LogP contribution is 2.32. The number of carbonyl (C=O) groups is 1. The van der Waals surface area contributed by atoms with E-state index in [4.69, 9.17) is 11.6 Å². The Hall–Kier alpha value is -2.45. The first kappa shape index (κ1) is 15.4. The number of fused-ring (bicyclic) bond motifs is 1. The molecule has 0 N–H and O–H groups in total. The number of Topliss-reactive ketones (excluding diaryl/α,β-unsaturated/α-hetero) is 1. The molecule has 3 aromatic rings. The molecule has 0 aliphatic carbocycles. The molecule has 0 heterocycles. The number of carbonyl (C=O) groups excluding carboxylic acids is 2. The van der Waals surface area contributed by atoms with Crippen molar-refractivity contribution in [2.24, 2.45) is 0 Å². The van der Waals surface area contributed by atoms with Crippen LogP contribution in [0.15, 0.2) is 72.8 Å². The van der Waals surface area contributed by atoms with Crippen LogP contribution < -0.4 is 0 Å². The monoisotopic (exact) mass is 321 g/mol. The average Bonchev–Trinajstić information content (AvgIpc) is 2.62. The van der Waals surface area contributed by atoms with Gasteiger partial charge in [-0.3, -0.25) is 9.59 Å². The van der Waals surface area contributed by atoms with Gasteiger partial charge in [0, 0.05) is 0 Å². The molecule has 0 saturated carbocycles. The first-order valence-corrected chi connectivity index (χ1v) is 7.74. The van der Waals surface area contributed by atoms with E-state index in [0.29, 0.717) is 11.1 Å². The summed E-state index contributed by atoms with van der Waals surface area (Å²) in [6.45, 7) is 0. The van der Waals surface area contributed by atoms with Crippen molar-refractivity contribution < 1.29 is 9.59 Å². The van der Waals surface area contributed by atoms with Gasteiger partial charge in [0.05, 0.1) is 0 Å². The molecule has 2 atom stereocenters. The van der Waals surface area contributed by atoms with Gasteiger partial charge in [0.15, 0.2) is 5.78 Å². The summed E-state index contributed by atoms with van der Waals surface area (Å²) in [5.74, 6) is -1.35. The number of halogens is 1. The summed E-state index contributed by atoms with van der Waals surface area (Å²) in [7, 11) is 0. The Morgan fingerprint density at radius 2 is 1.52 bits per heavy atom. The number of alkyl halides is 1. The van der Waals surface area contributed by atoms with E-state index in [2.05, 4.69) is 0 Å². The molecule has 3 heteroatoms. The summed E-state index contributed by atoms with van der Waals surface area (Å²) in [6, 6.07) is 22.2. The van der Waals surface area contributed by atoms with Crippen LogP contribution in [0.3, 0.4) is 0 Å². The van der Waals surface area contributed by atoms with E-state index in [1.54, 1.807) is 18.2 Å². The SMILES string of the molecule is O=[C]C(C(=O)C(Cl)c1ccccc1)c1cccc2ccccc12. The van der Waals surface area contributed by atoms with Crippen LogP contribution in [0.5, 0.6) is 0 Å². The maximum Gasteiger partial charge on any atom is 0.214 e. The minimum Gasteiger partial charge on any atom is -0.296 e. The average molecular weight is 322 g/mol. The van der Waals surface area contributed by atoms with Gasteiger partial charge in [-0.25, -0.2) is 0 Å². The third-order valence-corrected chi connectivity index (χ3v) is 4.35. The lowest BCUT2D eigenvalue weighted by Crippen LogP contribution is -2.19. The lowest BCUT2D eigenvalue weighted by molar-refractivity contribution is -0.118. The highest BCUT2D eigenvalue weighted by atomic mass is 35.5. The summed E-state index contributed by atoms with van der Waals surface area (Å²) in [4.78, 5) is 24.2. The molecular formula is C20H14ClO2. The molecule has 3 rings (SSSR count). The topological polar surface area (TPSA) is 34.1 Å². The van der Waals surface area contributed by atoms with Crippen LogP contribution in [0.1, 0.15) is 22.4 Å². The van der Waals surface area contributed by atoms with Crippen molar-refractivity contribution in [1.29, 1.82) is 0 Å². The van der Waals surface area contributed by atoms with Gasteiger partial charge in [-0.2, -0.15) is 0 Å². The number of hydrogen-bond donors (Lipinski definition) is 0. The van der Waals surface area contributed by atoms with Gasteiger partial charge in [0.2, 0.25) is 6.29 Å². The van der Waals surface area contributed by atoms with Crippen molar-refractivity contribution in [2.45, 2.75) is 11.3 Å². The normalized spacial score (nSPS) is 13.4. The maximum absolute atomic E-state index is 12.7. The van der Waals surface area contributed by atoms with Gasteiger partial charge in [0.1, 0.15) is 11.3 Å². The van der Waals surface area contributed by atoms with Crippen molar-refractivity contribution >= 4 is 34.4 Å². The van der Waals surface area contributed by atoms with Crippen LogP contribution in [-0.4, -0.2) is 12.1 Å². The van der Waals surface area contributed by atoms with Crippen LogP contribution in [-0.2, 0) is 9.59 Å². The number of rotatable bonds is 5. The van der Waals surface area contributed by atoms with E-state index in [0.717, 1.165) is 10.8 Å². The Bertz CT molecular complexity index is 837. The summed E-state index contributed by atoms with van der Waals surface area (Å²) < 4.78 is 0. The molecule has 2 nitrogen and oxygen atoms in total. The zero-order valence-corrected chi connectivity index (χ0v) is 13.0. The molecule has 23 heavy (non-hydrogen) atoms. The fraction of sp³-hybridized carbons (Fsp3) is 0.100. The smallest absolute Gasteiger partial charge is 0.214 e. The molecule has 0 spiro atoms. The minimum absolute atomic E-state index is 0.357. The number of ketones is 1. The van der Waals surface area contributed by atoms with Crippen molar-refractivity contribution in [2.75, 3.05) is 0 Å². The zero-order chi connectivity index (χ0) is 16.2. The van der Waals surface area contributed by atoms with Gasteiger partial charge < -0.3 is 0 Å². The second-order valence-corrected chi connectivity index (χ2v) is 5.73. The van der Waals surface area contributed by atoms with Gasteiger partial charge in [-0.1, -0.05) is 72.8 Å². The third kappa shape index (κ3) is 3.03. The van der Waals surface area contributed by atoms with Gasteiger partial charge >= 0.3 is 0 Å². The van der Waals surface area contributed by atoms with Crippen molar-refractivity contribution in [3.05, 3.63) is 83.9 Å². The fourth-order valence-electron chi connectivity index (χ4n) is 2.71. The maximum atomic E-state index is 12.7. The molecule has 3 aromatic carbocycles. The number of hydrogen-bond acceptors (Lipinski definition) is 2. The molecule has 0 fully saturated rings. The van der Waals surface area contributed by atoms with Crippen molar-refractivity contribution in [3.8, 4) is 0 Å². The van der Waals surface area contributed by atoms with Gasteiger partial charge in [-0.15, -0.1) is 11.6 Å². The predicted molar refractivity (Wildman–Crippen MR) is 92.4 cm³/mol. The van der Waals surface area contributed by atoms with E-state index in [1.807, 2.05) is 60.9 Å². The van der Waals surface area contributed by atoms with E-state index < -0.39 is 11.3 Å². The number of benzene rings is 3. The Morgan fingerprint density at radius 3 is 2.26 bits per heavy atom. The molecule has 1 radical (unpaired) electrons. The second-order valence-electron chi connectivity index (χ2n) is 5.29. The van der Waals surface area contributed by atoms with Crippen molar-refractivity contribution in [1.82, 2.24) is 0 Å². The Balaban J connectivity index is 2.02. The molecule has 2 unspecified atom stereocenters. The first-order valence-electron chi connectivity index (χ1n) is 7.30. The molecule has 0 saturated heterocycles. The quantitative estimate of drug-likeness (QED) is 0.509. The Labute approximate surface area is 139 Å². The van der Waals surface area contributed by atoms with E-state index in [1.165, 1.54) is 0 Å². The van der Waals surface area contributed by atoms with Crippen molar-refractivity contribution in [3.63, 3.8) is 0 Å². The van der Waals surface area contributed by atoms with Crippen LogP contribution >= 0.6 is 11.6 Å². The molecule has 0 amide bonds. The van der Waals surface area contributed by atoms with Gasteiger partial charge in [0.25, 0.3) is 0 Å². The summed E-state index contributed by atoms with van der Waals surface area (Å²) in [5, 5.41) is 0.971. The first-order chi connectivity index (χ1) is 11.2. The molecule has 0 bridgehead atoms. The van der Waals surface area contributed by atoms with Crippen LogP contribution in [0.25, 0.3) is 10.8 Å².